The number of hydrogen-bond donors (Lipinski definition) is 1. The average molecular weight is 387 g/mol. The monoisotopic (exact) mass is 386 g/mol. The number of halogens is 1. The summed E-state index contributed by atoms with van der Waals surface area (Å²) in [6.45, 7) is 1.07. The van der Waals surface area contributed by atoms with Crippen molar-refractivity contribution in [3.63, 3.8) is 0 Å². The van der Waals surface area contributed by atoms with Gasteiger partial charge >= 0.3 is 5.97 Å². The van der Waals surface area contributed by atoms with E-state index >= 15 is 0 Å². The molecule has 0 saturated carbocycles. The molecular formula is C18H15ClN4O4. The highest BCUT2D eigenvalue weighted by molar-refractivity contribution is 6.30. The summed E-state index contributed by atoms with van der Waals surface area (Å²) in [6.07, 6.45) is 0. The second-order valence-electron chi connectivity index (χ2n) is 5.71. The summed E-state index contributed by atoms with van der Waals surface area (Å²) in [4.78, 5) is 36.5. The Hall–Kier alpha value is -3.26. The molecule has 1 N–H and O–H groups in total. The summed E-state index contributed by atoms with van der Waals surface area (Å²) in [5.41, 5.74) is 0.385. The number of hydrogen-bond acceptors (Lipinski definition) is 6. The molecule has 0 aliphatic rings. The molecule has 2 aromatic carbocycles. The van der Waals surface area contributed by atoms with Gasteiger partial charge in [-0.25, -0.2) is 4.79 Å². The van der Waals surface area contributed by atoms with Crippen LogP contribution in [0.3, 0.4) is 0 Å². The van der Waals surface area contributed by atoms with Gasteiger partial charge in [0.15, 0.2) is 6.73 Å². The zero-order valence-electron chi connectivity index (χ0n) is 14.3. The zero-order valence-corrected chi connectivity index (χ0v) is 15.0. The largest absolute Gasteiger partial charge is 0.441 e. The second-order valence-corrected chi connectivity index (χ2v) is 6.14. The highest BCUT2D eigenvalue weighted by Gasteiger charge is 2.18. The van der Waals surface area contributed by atoms with Crippen molar-refractivity contribution >= 4 is 34.4 Å². The normalized spacial score (nSPS) is 11.8. The summed E-state index contributed by atoms with van der Waals surface area (Å²) in [6, 6.07) is 12.0. The lowest BCUT2D eigenvalue weighted by Crippen LogP contribution is -2.40. The SMILES string of the molecule is C[C@H](NC(=O)c1ccc(Cl)cc1)C(=O)OCn1nnc2ccccc2c1=O. The van der Waals surface area contributed by atoms with E-state index in [1.54, 1.807) is 48.5 Å². The number of aromatic nitrogens is 3. The minimum absolute atomic E-state index is 0.357. The number of carbonyl (C=O) groups excluding carboxylic acids is 2. The zero-order chi connectivity index (χ0) is 19.4. The maximum Gasteiger partial charge on any atom is 0.330 e. The quantitative estimate of drug-likeness (QED) is 0.670. The Bertz CT molecular complexity index is 1050. The minimum Gasteiger partial charge on any atom is -0.441 e. The van der Waals surface area contributed by atoms with Gasteiger partial charge < -0.3 is 10.1 Å². The summed E-state index contributed by atoms with van der Waals surface area (Å²) in [7, 11) is 0. The lowest BCUT2D eigenvalue weighted by Gasteiger charge is -2.13. The number of ether oxygens (including phenoxy) is 1. The topological polar surface area (TPSA) is 103 Å². The third kappa shape index (κ3) is 4.29. The molecule has 27 heavy (non-hydrogen) atoms. The van der Waals surface area contributed by atoms with E-state index in [4.69, 9.17) is 16.3 Å². The van der Waals surface area contributed by atoms with Crippen LogP contribution < -0.4 is 10.9 Å². The Morgan fingerprint density at radius 2 is 1.89 bits per heavy atom. The van der Waals surface area contributed by atoms with Gasteiger partial charge in [-0.2, -0.15) is 4.68 Å². The molecule has 0 saturated heterocycles. The fraction of sp³-hybridized carbons (Fsp3) is 0.167. The van der Waals surface area contributed by atoms with Crippen LogP contribution in [0.5, 0.6) is 0 Å². The average Bonchev–Trinajstić information content (AvgIpc) is 2.67. The van der Waals surface area contributed by atoms with Gasteiger partial charge in [0.1, 0.15) is 11.6 Å². The predicted octanol–water partition coefficient (Wildman–Crippen LogP) is 1.76. The molecule has 0 fully saturated rings. The summed E-state index contributed by atoms with van der Waals surface area (Å²) in [5, 5.41) is 11.0. The molecule has 9 heteroatoms. The van der Waals surface area contributed by atoms with Crippen LogP contribution >= 0.6 is 11.6 Å². The molecule has 138 valence electrons. The van der Waals surface area contributed by atoms with Crippen LogP contribution in [0.4, 0.5) is 0 Å². The third-order valence-electron chi connectivity index (χ3n) is 3.77. The number of rotatable bonds is 5. The highest BCUT2D eigenvalue weighted by atomic mass is 35.5. The van der Waals surface area contributed by atoms with Gasteiger partial charge in [-0.3, -0.25) is 9.59 Å². The Kier molecular flexibility index (Phi) is 5.46. The molecule has 1 atom stereocenters. The first kappa shape index (κ1) is 18.5. The summed E-state index contributed by atoms with van der Waals surface area (Å²) < 4.78 is 6.00. The number of fused-ring (bicyclic) bond motifs is 1. The van der Waals surface area contributed by atoms with E-state index in [2.05, 4.69) is 15.6 Å². The van der Waals surface area contributed by atoms with Crippen LogP contribution in [0.2, 0.25) is 5.02 Å². The third-order valence-corrected chi connectivity index (χ3v) is 4.02. The molecule has 3 aromatic rings. The lowest BCUT2D eigenvalue weighted by atomic mass is 10.2. The molecular weight excluding hydrogens is 372 g/mol. The number of nitrogens with one attached hydrogen (secondary N) is 1. The van der Waals surface area contributed by atoms with E-state index in [-0.39, 0.29) is 0 Å². The maximum atomic E-state index is 12.3. The molecule has 1 amide bonds. The number of nitrogens with zero attached hydrogens (tertiary/aromatic N) is 3. The van der Waals surface area contributed by atoms with E-state index < -0.39 is 30.2 Å². The van der Waals surface area contributed by atoms with Gasteiger partial charge in [0.25, 0.3) is 11.5 Å². The molecule has 0 spiro atoms. The van der Waals surface area contributed by atoms with Gasteiger partial charge in [-0.1, -0.05) is 28.9 Å². The van der Waals surface area contributed by atoms with Gasteiger partial charge in [0, 0.05) is 10.6 Å². The minimum atomic E-state index is -0.919. The van der Waals surface area contributed by atoms with Crippen molar-refractivity contribution in [3.05, 3.63) is 69.5 Å². The summed E-state index contributed by atoms with van der Waals surface area (Å²) in [5.74, 6) is -1.15. The van der Waals surface area contributed by atoms with Crippen molar-refractivity contribution in [3.8, 4) is 0 Å². The fourth-order valence-corrected chi connectivity index (χ4v) is 2.42. The van der Waals surface area contributed by atoms with Crippen LogP contribution in [-0.4, -0.2) is 32.9 Å². The number of benzene rings is 2. The van der Waals surface area contributed by atoms with E-state index in [0.29, 0.717) is 21.5 Å². The first-order valence-electron chi connectivity index (χ1n) is 8.01. The van der Waals surface area contributed by atoms with Crippen LogP contribution in [0.1, 0.15) is 17.3 Å². The molecule has 0 unspecified atom stereocenters. The summed E-state index contributed by atoms with van der Waals surface area (Å²) >= 11 is 5.78. The molecule has 1 aromatic heterocycles. The van der Waals surface area contributed by atoms with Crippen LogP contribution in [0, 0.1) is 0 Å². The molecule has 8 nitrogen and oxygen atoms in total. The van der Waals surface area contributed by atoms with Gasteiger partial charge in [0.05, 0.1) is 5.39 Å². The van der Waals surface area contributed by atoms with E-state index in [1.165, 1.54) is 6.92 Å². The Labute approximate surface area is 158 Å². The molecule has 0 bridgehead atoms. The Morgan fingerprint density at radius 3 is 2.63 bits per heavy atom. The molecule has 0 radical (unpaired) electrons. The molecule has 0 aliphatic heterocycles. The Morgan fingerprint density at radius 1 is 1.19 bits per heavy atom. The van der Waals surface area contributed by atoms with E-state index in [0.717, 1.165) is 4.68 Å². The highest BCUT2D eigenvalue weighted by Crippen LogP contribution is 2.09. The first-order valence-corrected chi connectivity index (χ1v) is 8.39. The lowest BCUT2D eigenvalue weighted by molar-refractivity contribution is -0.150. The standard InChI is InChI=1S/C18H15ClN4O4/c1-11(20-16(24)12-6-8-13(19)9-7-12)18(26)27-10-23-17(25)14-4-2-3-5-15(14)21-22-23/h2-9,11H,10H2,1H3,(H,20,24)/t11-/m0/s1. The second kappa shape index (κ2) is 7.96. The van der Waals surface area contributed by atoms with Crippen molar-refractivity contribution in [2.24, 2.45) is 0 Å². The van der Waals surface area contributed by atoms with Gasteiger partial charge in [-0.05, 0) is 43.3 Å². The maximum absolute atomic E-state index is 12.3. The van der Waals surface area contributed by atoms with Gasteiger partial charge in [0.2, 0.25) is 0 Å². The van der Waals surface area contributed by atoms with Crippen LogP contribution in [-0.2, 0) is 16.3 Å². The number of carbonyl (C=O) groups is 2. The van der Waals surface area contributed by atoms with Crippen molar-refractivity contribution in [2.45, 2.75) is 19.7 Å². The van der Waals surface area contributed by atoms with Crippen molar-refractivity contribution in [1.29, 1.82) is 0 Å². The first-order chi connectivity index (χ1) is 13.0. The van der Waals surface area contributed by atoms with Crippen molar-refractivity contribution in [2.75, 3.05) is 0 Å². The van der Waals surface area contributed by atoms with Crippen LogP contribution in [0.25, 0.3) is 10.9 Å². The smallest absolute Gasteiger partial charge is 0.330 e. The van der Waals surface area contributed by atoms with E-state index in [9.17, 15) is 14.4 Å². The van der Waals surface area contributed by atoms with Gasteiger partial charge in [-0.15, -0.1) is 5.10 Å². The molecule has 0 aliphatic carbocycles. The Balaban J connectivity index is 1.62. The van der Waals surface area contributed by atoms with Crippen molar-refractivity contribution in [1.82, 2.24) is 20.3 Å². The molecule has 3 rings (SSSR count). The molecule has 1 heterocycles. The predicted molar refractivity (Wildman–Crippen MR) is 98.3 cm³/mol. The van der Waals surface area contributed by atoms with Crippen LogP contribution in [0.15, 0.2) is 53.3 Å². The fourth-order valence-electron chi connectivity index (χ4n) is 2.30. The number of amides is 1. The van der Waals surface area contributed by atoms with E-state index in [1.807, 2.05) is 0 Å². The van der Waals surface area contributed by atoms with Crippen molar-refractivity contribution < 1.29 is 14.3 Å². The number of esters is 1.